The number of rotatable bonds is 4. The summed E-state index contributed by atoms with van der Waals surface area (Å²) < 4.78 is 1.95. The highest BCUT2D eigenvalue weighted by molar-refractivity contribution is 7.07. The Morgan fingerprint density at radius 3 is 3.00 bits per heavy atom. The molecule has 0 saturated heterocycles. The summed E-state index contributed by atoms with van der Waals surface area (Å²) in [4.78, 5) is 16.1. The van der Waals surface area contributed by atoms with Gasteiger partial charge in [-0.3, -0.25) is 4.79 Å². The van der Waals surface area contributed by atoms with Crippen molar-refractivity contribution >= 4 is 29.1 Å². The van der Waals surface area contributed by atoms with Gasteiger partial charge >= 0.3 is 0 Å². The van der Waals surface area contributed by atoms with Crippen molar-refractivity contribution in [3.63, 3.8) is 0 Å². The van der Waals surface area contributed by atoms with Crippen molar-refractivity contribution in [2.24, 2.45) is 0 Å². The first-order valence-corrected chi connectivity index (χ1v) is 8.18. The predicted molar refractivity (Wildman–Crippen MR) is 84.1 cm³/mol. The molecule has 5 nitrogen and oxygen atoms in total. The van der Waals surface area contributed by atoms with Crippen LogP contribution in [0, 0.1) is 0 Å². The lowest BCUT2D eigenvalue weighted by atomic mass is 9.96. The highest BCUT2D eigenvalue weighted by Crippen LogP contribution is 2.29. The molecule has 3 rings (SSSR count). The third-order valence-corrected chi connectivity index (χ3v) is 4.30. The fraction of sp³-hybridized carbons (Fsp3) is 0.400. The Bertz CT molecular complexity index is 611. The Balaban J connectivity index is 1.65. The van der Waals surface area contributed by atoms with Gasteiger partial charge in [0.05, 0.1) is 23.4 Å². The van der Waals surface area contributed by atoms with Crippen molar-refractivity contribution < 1.29 is 4.79 Å². The van der Waals surface area contributed by atoms with Gasteiger partial charge in [0, 0.05) is 17.5 Å². The van der Waals surface area contributed by atoms with Gasteiger partial charge in [-0.25, -0.2) is 9.67 Å². The molecule has 1 fully saturated rings. The van der Waals surface area contributed by atoms with Crippen molar-refractivity contribution in [1.82, 2.24) is 14.8 Å². The second-order valence-corrected chi connectivity index (χ2v) is 5.91. The number of carbonyl (C=O) groups excluding carboxylic acids is 1. The maximum atomic E-state index is 12.0. The number of anilines is 1. The van der Waals surface area contributed by atoms with Gasteiger partial charge in [0.2, 0.25) is 5.91 Å². The fourth-order valence-electron chi connectivity index (χ4n) is 2.66. The Morgan fingerprint density at radius 2 is 2.24 bits per heavy atom. The van der Waals surface area contributed by atoms with Crippen LogP contribution < -0.4 is 5.32 Å². The van der Waals surface area contributed by atoms with Crippen LogP contribution in [0.25, 0.3) is 6.08 Å². The summed E-state index contributed by atoms with van der Waals surface area (Å²) in [6.07, 6.45) is 11.0. The lowest BCUT2D eigenvalue weighted by Gasteiger charge is -2.23. The van der Waals surface area contributed by atoms with Crippen molar-refractivity contribution in [2.45, 2.75) is 38.1 Å². The topological polar surface area (TPSA) is 59.8 Å². The van der Waals surface area contributed by atoms with Gasteiger partial charge < -0.3 is 5.32 Å². The van der Waals surface area contributed by atoms with Gasteiger partial charge in [-0.05, 0) is 18.9 Å². The van der Waals surface area contributed by atoms with Crippen LogP contribution in [-0.2, 0) is 4.79 Å². The van der Waals surface area contributed by atoms with Crippen LogP contribution in [0.2, 0.25) is 0 Å². The number of amides is 1. The Labute approximate surface area is 127 Å². The molecule has 1 aliphatic rings. The van der Waals surface area contributed by atoms with E-state index in [1.165, 1.54) is 36.7 Å². The summed E-state index contributed by atoms with van der Waals surface area (Å²) in [5.74, 6) is 0.621. The van der Waals surface area contributed by atoms with Crippen LogP contribution in [0.1, 0.15) is 43.8 Å². The first-order chi connectivity index (χ1) is 10.3. The molecule has 0 atom stereocenters. The molecule has 1 N–H and O–H groups in total. The second kappa shape index (κ2) is 6.67. The van der Waals surface area contributed by atoms with Crippen molar-refractivity contribution in [1.29, 1.82) is 0 Å². The molecule has 6 heteroatoms. The van der Waals surface area contributed by atoms with Crippen LogP contribution >= 0.6 is 11.3 Å². The zero-order chi connectivity index (χ0) is 14.5. The molecule has 0 spiro atoms. The number of aromatic nitrogens is 3. The maximum absolute atomic E-state index is 12.0. The average Bonchev–Trinajstić information content (AvgIpc) is 3.17. The van der Waals surface area contributed by atoms with Gasteiger partial charge in [-0.1, -0.05) is 19.3 Å². The minimum absolute atomic E-state index is 0.152. The Kier molecular flexibility index (Phi) is 4.45. The van der Waals surface area contributed by atoms with Crippen LogP contribution in [0.5, 0.6) is 0 Å². The zero-order valence-electron chi connectivity index (χ0n) is 11.7. The SMILES string of the molecule is O=C(C=Cc1cscn1)Nc1ccnn1C1CCCCC1. The summed E-state index contributed by atoms with van der Waals surface area (Å²) in [6.45, 7) is 0. The molecule has 0 bridgehead atoms. The molecule has 0 aromatic carbocycles. The van der Waals surface area contributed by atoms with Crippen molar-refractivity contribution in [3.8, 4) is 0 Å². The van der Waals surface area contributed by atoms with E-state index >= 15 is 0 Å². The molecule has 110 valence electrons. The minimum atomic E-state index is -0.152. The van der Waals surface area contributed by atoms with Gasteiger partial charge in [0.1, 0.15) is 5.82 Å². The monoisotopic (exact) mass is 302 g/mol. The lowest BCUT2D eigenvalue weighted by Crippen LogP contribution is -2.19. The molecule has 21 heavy (non-hydrogen) atoms. The van der Waals surface area contributed by atoms with Crippen molar-refractivity contribution in [2.75, 3.05) is 5.32 Å². The molecule has 1 amide bonds. The lowest BCUT2D eigenvalue weighted by molar-refractivity contribution is -0.111. The summed E-state index contributed by atoms with van der Waals surface area (Å²) in [5.41, 5.74) is 2.55. The molecule has 0 aliphatic heterocycles. The van der Waals surface area contributed by atoms with Crippen LogP contribution in [0.4, 0.5) is 5.82 Å². The summed E-state index contributed by atoms with van der Waals surface area (Å²) in [7, 11) is 0. The quantitative estimate of drug-likeness (QED) is 0.879. The van der Waals surface area contributed by atoms with E-state index in [1.807, 2.05) is 16.1 Å². The molecule has 1 saturated carbocycles. The number of nitrogens with zero attached hydrogens (tertiary/aromatic N) is 3. The number of carbonyl (C=O) groups is 1. The summed E-state index contributed by atoms with van der Waals surface area (Å²) in [6, 6.07) is 2.26. The maximum Gasteiger partial charge on any atom is 0.249 e. The smallest absolute Gasteiger partial charge is 0.249 e. The highest BCUT2D eigenvalue weighted by atomic mass is 32.1. The molecule has 0 radical (unpaired) electrons. The van der Waals surface area contributed by atoms with E-state index in [9.17, 15) is 4.79 Å². The van der Waals surface area contributed by atoms with E-state index in [0.717, 1.165) is 24.4 Å². The number of hydrogen-bond acceptors (Lipinski definition) is 4. The molecule has 1 aliphatic carbocycles. The van der Waals surface area contributed by atoms with E-state index in [-0.39, 0.29) is 5.91 Å². The van der Waals surface area contributed by atoms with E-state index in [4.69, 9.17) is 0 Å². The van der Waals surface area contributed by atoms with E-state index in [2.05, 4.69) is 15.4 Å². The molecular formula is C15H18N4OS. The standard InChI is InChI=1S/C15H18N4OS/c20-15(7-6-12-10-21-11-16-12)18-14-8-9-17-19(14)13-4-2-1-3-5-13/h6-11,13H,1-5H2,(H,18,20). The second-order valence-electron chi connectivity index (χ2n) is 5.19. The normalized spacial score (nSPS) is 16.4. The molecule has 2 aromatic rings. The summed E-state index contributed by atoms with van der Waals surface area (Å²) in [5, 5.41) is 9.17. The van der Waals surface area contributed by atoms with Gasteiger partial charge in [-0.2, -0.15) is 5.10 Å². The fourth-order valence-corrected chi connectivity index (χ4v) is 3.19. The highest BCUT2D eigenvalue weighted by Gasteiger charge is 2.18. The van der Waals surface area contributed by atoms with Crippen LogP contribution in [0.15, 0.2) is 29.2 Å². The largest absolute Gasteiger partial charge is 0.307 e. The van der Waals surface area contributed by atoms with E-state index in [0.29, 0.717) is 6.04 Å². The Morgan fingerprint density at radius 1 is 1.38 bits per heavy atom. The zero-order valence-corrected chi connectivity index (χ0v) is 12.6. The van der Waals surface area contributed by atoms with E-state index in [1.54, 1.807) is 17.8 Å². The molecule has 2 aromatic heterocycles. The van der Waals surface area contributed by atoms with Crippen molar-refractivity contribution in [3.05, 3.63) is 34.9 Å². The van der Waals surface area contributed by atoms with Gasteiger partial charge in [0.25, 0.3) is 0 Å². The molecule has 0 unspecified atom stereocenters. The molecule has 2 heterocycles. The average molecular weight is 302 g/mol. The number of thiazole rings is 1. The third-order valence-electron chi connectivity index (χ3n) is 3.70. The predicted octanol–water partition coefficient (Wildman–Crippen LogP) is 3.50. The van der Waals surface area contributed by atoms with Gasteiger partial charge in [-0.15, -0.1) is 11.3 Å². The first kappa shape index (κ1) is 14.0. The van der Waals surface area contributed by atoms with Crippen LogP contribution in [0.3, 0.4) is 0 Å². The molecular weight excluding hydrogens is 284 g/mol. The Hall–Kier alpha value is -1.95. The van der Waals surface area contributed by atoms with Crippen LogP contribution in [-0.4, -0.2) is 20.7 Å². The number of nitrogens with one attached hydrogen (secondary N) is 1. The summed E-state index contributed by atoms with van der Waals surface area (Å²) >= 11 is 1.51. The minimum Gasteiger partial charge on any atom is -0.307 e. The first-order valence-electron chi connectivity index (χ1n) is 7.24. The number of hydrogen-bond donors (Lipinski definition) is 1. The van der Waals surface area contributed by atoms with Gasteiger partial charge in [0.15, 0.2) is 0 Å². The van der Waals surface area contributed by atoms with E-state index < -0.39 is 0 Å². The third kappa shape index (κ3) is 3.58.